The molecule has 0 saturated heterocycles. The van der Waals surface area contributed by atoms with Crippen LogP contribution in [0.15, 0.2) is 34.1 Å². The normalized spacial score (nSPS) is 19.5. The van der Waals surface area contributed by atoms with Gasteiger partial charge >= 0.3 is 5.69 Å². The average Bonchev–Trinajstić information content (AvgIpc) is 3.00. The second-order valence-electron chi connectivity index (χ2n) is 7.81. The fourth-order valence-corrected chi connectivity index (χ4v) is 5.25. The summed E-state index contributed by atoms with van der Waals surface area (Å²) in [7, 11) is -0.165. The second kappa shape index (κ2) is 8.27. The van der Waals surface area contributed by atoms with E-state index in [0.717, 1.165) is 0 Å². The van der Waals surface area contributed by atoms with Crippen LogP contribution in [0.2, 0.25) is 0 Å². The summed E-state index contributed by atoms with van der Waals surface area (Å²) in [6.45, 7) is 0. The Morgan fingerprint density at radius 1 is 1.23 bits per heavy atom. The van der Waals surface area contributed by atoms with Crippen molar-refractivity contribution in [2.75, 3.05) is 18.1 Å². The van der Waals surface area contributed by atoms with Crippen LogP contribution in [0.25, 0.3) is 11.2 Å². The Balaban J connectivity index is 1.62. The van der Waals surface area contributed by atoms with Gasteiger partial charge in [0.15, 0.2) is 5.65 Å². The highest BCUT2D eigenvalue weighted by Gasteiger charge is 2.29. The lowest BCUT2D eigenvalue weighted by molar-refractivity contribution is 0.288. The molecule has 3 aromatic heterocycles. The van der Waals surface area contributed by atoms with Crippen LogP contribution in [0.4, 0.5) is 11.6 Å². The van der Waals surface area contributed by atoms with Gasteiger partial charge in [0.05, 0.1) is 11.9 Å². The number of aryl methyl sites for hydroxylation is 1. The lowest BCUT2D eigenvalue weighted by Crippen LogP contribution is -2.32. The molecule has 3 aromatic rings. The number of nitrogens with zero attached hydrogens (tertiary/aromatic N) is 4. The highest BCUT2D eigenvalue weighted by molar-refractivity contribution is 7.89. The molecule has 11 nitrogen and oxygen atoms in total. The van der Waals surface area contributed by atoms with E-state index in [1.54, 1.807) is 29.9 Å². The monoisotopic (exact) mass is 447 g/mol. The van der Waals surface area contributed by atoms with Crippen LogP contribution in [0.1, 0.15) is 31.7 Å². The lowest BCUT2D eigenvalue weighted by Gasteiger charge is -2.28. The molecule has 0 aliphatic heterocycles. The molecule has 0 amide bonds. The summed E-state index contributed by atoms with van der Waals surface area (Å²) in [5, 5.41) is 2.90. The molecule has 0 radical (unpaired) electrons. The number of aromatic amines is 1. The van der Waals surface area contributed by atoms with Gasteiger partial charge in [0, 0.05) is 19.3 Å². The molecule has 1 saturated carbocycles. The summed E-state index contributed by atoms with van der Waals surface area (Å²) < 4.78 is 29.2. The van der Waals surface area contributed by atoms with Crippen molar-refractivity contribution in [2.45, 2.75) is 31.7 Å². The number of hydrogen-bond donors (Lipinski definition) is 3. The number of pyridine rings is 1. The minimum atomic E-state index is -3.26. The third-order valence-corrected chi connectivity index (χ3v) is 7.38. The van der Waals surface area contributed by atoms with Crippen LogP contribution in [-0.4, -0.2) is 45.3 Å². The number of aromatic nitrogens is 5. The van der Waals surface area contributed by atoms with Gasteiger partial charge in [-0.15, -0.1) is 0 Å². The highest BCUT2D eigenvalue weighted by atomic mass is 32.2. The van der Waals surface area contributed by atoms with Crippen molar-refractivity contribution in [1.29, 1.82) is 0 Å². The van der Waals surface area contributed by atoms with Gasteiger partial charge in [0.1, 0.15) is 11.2 Å². The Morgan fingerprint density at radius 3 is 2.65 bits per heavy atom. The molecule has 0 aromatic carbocycles. The summed E-state index contributed by atoms with van der Waals surface area (Å²) >= 11 is 0. The van der Waals surface area contributed by atoms with Crippen LogP contribution >= 0.6 is 0 Å². The smallest absolute Gasteiger partial charge is 0.327 e. The molecular formula is C19H25N7O4S. The lowest BCUT2D eigenvalue weighted by atomic mass is 9.87. The van der Waals surface area contributed by atoms with Gasteiger partial charge in [-0.1, -0.05) is 0 Å². The molecule has 3 N–H and O–H groups in total. The van der Waals surface area contributed by atoms with Crippen LogP contribution in [0, 0.1) is 5.92 Å². The molecule has 0 spiro atoms. The van der Waals surface area contributed by atoms with Gasteiger partial charge in [-0.25, -0.2) is 22.9 Å². The maximum absolute atomic E-state index is 12.9. The van der Waals surface area contributed by atoms with Gasteiger partial charge in [-0.3, -0.25) is 13.9 Å². The molecule has 0 unspecified atom stereocenters. The zero-order chi connectivity index (χ0) is 22.2. The van der Waals surface area contributed by atoms with Crippen molar-refractivity contribution in [3.63, 3.8) is 0 Å². The number of nitrogens with one attached hydrogen (secondary N) is 3. The topological polar surface area (TPSA) is 144 Å². The number of anilines is 2. The number of rotatable bonds is 6. The van der Waals surface area contributed by atoms with Crippen molar-refractivity contribution in [3.8, 4) is 0 Å². The minimum absolute atomic E-state index is 0.0658. The van der Waals surface area contributed by atoms with Crippen LogP contribution < -0.4 is 21.3 Å². The summed E-state index contributed by atoms with van der Waals surface area (Å²) in [4.78, 5) is 36.2. The first kappa shape index (κ1) is 21.2. The number of H-pyrrole nitrogens is 1. The highest BCUT2D eigenvalue weighted by Crippen LogP contribution is 2.33. The van der Waals surface area contributed by atoms with E-state index in [-0.39, 0.29) is 34.9 Å². The van der Waals surface area contributed by atoms with E-state index in [1.807, 2.05) is 0 Å². The Hall–Kier alpha value is -2.99. The van der Waals surface area contributed by atoms with Gasteiger partial charge in [-0.05, 0) is 50.8 Å². The Bertz CT molecular complexity index is 1320. The van der Waals surface area contributed by atoms with Crippen molar-refractivity contribution in [1.82, 2.24) is 28.8 Å². The molecule has 0 atom stereocenters. The van der Waals surface area contributed by atoms with E-state index in [0.29, 0.717) is 42.5 Å². The SMILES string of the molecule is CNS(=O)(=O)CC1CCC(n2c(=O)n(C)c3cnc(Nc4ccc[nH]c4=O)nc32)CC1. The van der Waals surface area contributed by atoms with Gasteiger partial charge in [-0.2, -0.15) is 4.98 Å². The third-order valence-electron chi connectivity index (χ3n) is 5.84. The molecule has 166 valence electrons. The van der Waals surface area contributed by atoms with E-state index >= 15 is 0 Å². The Labute approximate surface area is 178 Å². The maximum atomic E-state index is 12.9. The first-order valence-corrected chi connectivity index (χ1v) is 11.7. The molecule has 3 heterocycles. The second-order valence-corrected chi connectivity index (χ2v) is 9.78. The number of imidazole rings is 1. The maximum Gasteiger partial charge on any atom is 0.330 e. The van der Waals surface area contributed by atoms with E-state index in [1.165, 1.54) is 17.8 Å². The average molecular weight is 448 g/mol. The third kappa shape index (κ3) is 4.26. The quantitative estimate of drug-likeness (QED) is 0.508. The molecule has 1 aliphatic rings. The fraction of sp³-hybridized carbons (Fsp3) is 0.474. The zero-order valence-electron chi connectivity index (χ0n) is 17.3. The van der Waals surface area contributed by atoms with Gasteiger partial charge in [0.25, 0.3) is 5.56 Å². The van der Waals surface area contributed by atoms with Crippen molar-refractivity contribution < 1.29 is 8.42 Å². The first-order valence-electron chi connectivity index (χ1n) is 10.1. The number of sulfonamides is 1. The number of fused-ring (bicyclic) bond motifs is 1. The Morgan fingerprint density at radius 2 is 1.97 bits per heavy atom. The van der Waals surface area contributed by atoms with Gasteiger partial charge in [0.2, 0.25) is 16.0 Å². The summed E-state index contributed by atoms with van der Waals surface area (Å²) in [6.07, 6.45) is 5.89. The molecule has 1 fully saturated rings. The van der Waals surface area contributed by atoms with Crippen molar-refractivity contribution in [3.05, 3.63) is 45.4 Å². The van der Waals surface area contributed by atoms with E-state index in [9.17, 15) is 18.0 Å². The van der Waals surface area contributed by atoms with E-state index < -0.39 is 10.0 Å². The summed E-state index contributed by atoms with van der Waals surface area (Å²) in [5.41, 5.74) is 0.899. The Kier molecular flexibility index (Phi) is 5.67. The standard InChI is InChI=1S/C19H25N7O4S/c1-20-31(29,30)11-12-5-7-13(8-6-12)26-16-15(25(2)19(26)28)10-22-18(24-16)23-14-4-3-9-21-17(14)27/h3-4,9-10,12-13,20H,5-8,11H2,1-2H3,(H,21,27)(H,22,23,24). The molecule has 0 bridgehead atoms. The molecule has 31 heavy (non-hydrogen) atoms. The zero-order valence-corrected chi connectivity index (χ0v) is 18.1. The summed E-state index contributed by atoms with van der Waals surface area (Å²) in [6, 6.07) is 3.23. The molecule has 1 aliphatic carbocycles. The molecule has 4 rings (SSSR count). The van der Waals surface area contributed by atoms with E-state index in [4.69, 9.17) is 0 Å². The molecular weight excluding hydrogens is 422 g/mol. The fourth-order valence-electron chi connectivity index (χ4n) is 4.13. The summed E-state index contributed by atoms with van der Waals surface area (Å²) in [5.74, 6) is 0.385. The van der Waals surface area contributed by atoms with Gasteiger partial charge < -0.3 is 10.3 Å². The minimum Gasteiger partial charge on any atom is -0.327 e. The van der Waals surface area contributed by atoms with Crippen LogP contribution in [0.3, 0.4) is 0 Å². The predicted molar refractivity (Wildman–Crippen MR) is 117 cm³/mol. The van der Waals surface area contributed by atoms with Crippen molar-refractivity contribution >= 4 is 32.8 Å². The molecule has 12 heteroatoms. The largest absolute Gasteiger partial charge is 0.330 e. The van der Waals surface area contributed by atoms with Crippen molar-refractivity contribution in [2.24, 2.45) is 13.0 Å². The van der Waals surface area contributed by atoms with Crippen LogP contribution in [0.5, 0.6) is 0 Å². The van der Waals surface area contributed by atoms with E-state index in [2.05, 4.69) is 25.0 Å². The predicted octanol–water partition coefficient (Wildman–Crippen LogP) is 0.842. The van der Waals surface area contributed by atoms with Crippen LogP contribution in [-0.2, 0) is 17.1 Å². The first-order chi connectivity index (χ1) is 14.8. The number of hydrogen-bond acceptors (Lipinski definition) is 7.